The summed E-state index contributed by atoms with van der Waals surface area (Å²) in [4.78, 5) is 28.3. The number of unbranched alkanes of at least 4 members (excludes halogenated alkanes) is 1. The predicted molar refractivity (Wildman–Crippen MR) is 125 cm³/mol. The molecule has 2 aromatic carbocycles. The van der Waals surface area contributed by atoms with Crippen molar-refractivity contribution < 1.29 is 23.6 Å². The minimum absolute atomic E-state index is 0.0515. The van der Waals surface area contributed by atoms with Gasteiger partial charge in [-0.15, -0.1) is 0 Å². The summed E-state index contributed by atoms with van der Waals surface area (Å²) in [5, 5.41) is 2.98. The number of carbonyl (C=O) groups is 2. The van der Waals surface area contributed by atoms with Crippen molar-refractivity contribution in [1.29, 1.82) is 0 Å². The third kappa shape index (κ3) is 7.20. The second kappa shape index (κ2) is 12.4. The summed E-state index contributed by atoms with van der Waals surface area (Å²) in [6, 6.07) is 19.1. The topological polar surface area (TPSA) is 84.3 Å². The van der Waals surface area contributed by atoms with Gasteiger partial charge >= 0.3 is 12.1 Å². The van der Waals surface area contributed by atoms with E-state index in [2.05, 4.69) is 17.2 Å². The highest BCUT2D eigenvalue weighted by atomic mass is 16.5. The molecule has 3 rings (SSSR count). The molecule has 1 atom stereocenters. The molecule has 0 unspecified atom stereocenters. The van der Waals surface area contributed by atoms with Crippen LogP contribution in [0.5, 0.6) is 0 Å². The van der Waals surface area contributed by atoms with Crippen molar-refractivity contribution in [2.75, 3.05) is 6.61 Å². The van der Waals surface area contributed by atoms with Gasteiger partial charge in [-0.1, -0.05) is 80.4 Å². The van der Waals surface area contributed by atoms with Crippen LogP contribution < -0.4 is 9.88 Å². The van der Waals surface area contributed by atoms with E-state index in [4.69, 9.17) is 9.47 Å². The van der Waals surface area contributed by atoms with Gasteiger partial charge in [-0.3, -0.25) is 0 Å². The van der Waals surface area contributed by atoms with Gasteiger partial charge in [0.05, 0.1) is 6.61 Å². The van der Waals surface area contributed by atoms with Crippen LogP contribution in [-0.2, 0) is 27.4 Å². The Morgan fingerprint density at radius 1 is 1.00 bits per heavy atom. The molecule has 0 bridgehead atoms. The Morgan fingerprint density at radius 3 is 2.36 bits per heavy atom. The summed E-state index contributed by atoms with van der Waals surface area (Å²) in [6.07, 6.45) is 3.97. The van der Waals surface area contributed by atoms with Gasteiger partial charge in [0.2, 0.25) is 0 Å². The van der Waals surface area contributed by atoms with Gasteiger partial charge in [-0.05, 0) is 18.9 Å². The molecule has 0 aliphatic heterocycles. The zero-order valence-corrected chi connectivity index (χ0v) is 19.3. The smallest absolute Gasteiger partial charge is 0.408 e. The number of carbonyl (C=O) groups excluding carboxylic acids is 2. The van der Waals surface area contributed by atoms with Crippen LogP contribution in [0.15, 0.2) is 66.9 Å². The zero-order valence-electron chi connectivity index (χ0n) is 19.3. The van der Waals surface area contributed by atoms with Crippen LogP contribution in [0.25, 0.3) is 11.3 Å². The Morgan fingerprint density at radius 2 is 1.70 bits per heavy atom. The average molecular weight is 451 g/mol. The fourth-order valence-electron chi connectivity index (χ4n) is 3.59. The van der Waals surface area contributed by atoms with Crippen LogP contribution in [-0.4, -0.2) is 23.7 Å². The molecule has 0 saturated heterocycles. The fourth-order valence-corrected chi connectivity index (χ4v) is 3.59. The highest BCUT2D eigenvalue weighted by Gasteiger charge is 2.29. The fraction of sp³-hybridized carbons (Fsp3) is 0.346. The molecule has 0 fully saturated rings. The number of H-pyrrole nitrogens is 1. The van der Waals surface area contributed by atoms with Crippen LogP contribution in [0.3, 0.4) is 0 Å². The molecular weight excluding hydrogens is 418 g/mol. The minimum Gasteiger partial charge on any atom is -0.463 e. The molecule has 1 heterocycles. The van der Waals surface area contributed by atoms with Gasteiger partial charge in [0.15, 0.2) is 12.2 Å². The molecule has 7 heteroatoms. The van der Waals surface area contributed by atoms with E-state index in [1.165, 1.54) is 0 Å². The van der Waals surface area contributed by atoms with E-state index >= 15 is 0 Å². The maximum atomic E-state index is 12.6. The number of aromatic amines is 1. The summed E-state index contributed by atoms with van der Waals surface area (Å²) < 4.78 is 12.4. The van der Waals surface area contributed by atoms with Crippen molar-refractivity contribution >= 4 is 12.1 Å². The van der Waals surface area contributed by atoms with E-state index in [9.17, 15) is 9.59 Å². The number of esters is 1. The highest BCUT2D eigenvalue weighted by molar-refractivity contribution is 5.68. The maximum absolute atomic E-state index is 12.6. The Hall–Kier alpha value is -3.61. The third-order valence-corrected chi connectivity index (χ3v) is 5.23. The highest BCUT2D eigenvalue weighted by Crippen LogP contribution is 2.21. The number of nitrogens with one attached hydrogen (secondary N) is 2. The summed E-state index contributed by atoms with van der Waals surface area (Å²) in [5.74, 6) is 0.398. The summed E-state index contributed by atoms with van der Waals surface area (Å²) in [6.45, 7) is 4.44. The van der Waals surface area contributed by atoms with Gasteiger partial charge in [0.25, 0.3) is 5.82 Å². The quantitative estimate of drug-likeness (QED) is 0.328. The second-order valence-corrected chi connectivity index (χ2v) is 7.75. The van der Waals surface area contributed by atoms with Crippen LogP contribution in [0, 0.1) is 0 Å². The number of alkyl carbamates (subject to hydrolysis) is 1. The second-order valence-electron chi connectivity index (χ2n) is 7.75. The monoisotopic (exact) mass is 450 g/mol. The molecule has 7 nitrogen and oxygen atoms in total. The summed E-state index contributed by atoms with van der Waals surface area (Å²) in [5.41, 5.74) is 2.76. The van der Waals surface area contributed by atoms with Crippen LogP contribution in [0.1, 0.15) is 50.5 Å². The number of aromatic nitrogens is 2. The third-order valence-electron chi connectivity index (χ3n) is 5.23. The largest absolute Gasteiger partial charge is 0.463 e. The number of nitrogens with zero attached hydrogens (tertiary/aromatic N) is 1. The lowest BCUT2D eigenvalue weighted by atomic mass is 10.1. The first-order chi connectivity index (χ1) is 16.1. The minimum atomic E-state index is -0.501. The van der Waals surface area contributed by atoms with E-state index in [1.54, 1.807) is 6.92 Å². The van der Waals surface area contributed by atoms with Crippen LogP contribution in [0.4, 0.5) is 4.79 Å². The first-order valence-electron chi connectivity index (χ1n) is 11.4. The van der Waals surface area contributed by atoms with Crippen LogP contribution in [0.2, 0.25) is 0 Å². The molecule has 3 aromatic rings. The molecule has 1 amide bonds. The van der Waals surface area contributed by atoms with Crippen molar-refractivity contribution in [2.45, 2.75) is 52.3 Å². The van der Waals surface area contributed by atoms with Gasteiger partial charge < -0.3 is 14.8 Å². The molecule has 2 N–H and O–H groups in total. The van der Waals surface area contributed by atoms with Gasteiger partial charge in [0.1, 0.15) is 18.8 Å². The predicted octanol–water partition coefficient (Wildman–Crippen LogP) is 4.69. The van der Waals surface area contributed by atoms with Crippen molar-refractivity contribution in [2.24, 2.45) is 0 Å². The van der Waals surface area contributed by atoms with E-state index in [0.29, 0.717) is 13.0 Å². The van der Waals surface area contributed by atoms with Crippen LogP contribution >= 0.6 is 0 Å². The Bertz CT molecular complexity index is 1020. The van der Waals surface area contributed by atoms with Gasteiger partial charge in [-0.2, -0.15) is 0 Å². The van der Waals surface area contributed by atoms with Crippen molar-refractivity contribution in [3.8, 4) is 11.3 Å². The lowest BCUT2D eigenvalue weighted by Gasteiger charge is -2.15. The summed E-state index contributed by atoms with van der Waals surface area (Å²) in [7, 11) is 0. The number of amides is 1. The molecule has 0 aliphatic carbocycles. The maximum Gasteiger partial charge on any atom is 0.408 e. The molecule has 0 spiro atoms. The van der Waals surface area contributed by atoms with Gasteiger partial charge in [0, 0.05) is 5.56 Å². The zero-order chi connectivity index (χ0) is 23.5. The number of rotatable bonds is 11. The standard InChI is InChI=1S/C26H31N3O4/c1-3-5-16-22(28-26(31)33-19-20-12-8-6-9-13-20)25-27-23(21-14-10-7-11-15-21)17-29(25)18-24(30)32-4-2/h6-15,17,22H,3-5,16,18-19H2,1-2H3,(H,28,31)/p+1/t22-/m0/s1. The van der Waals surface area contributed by atoms with Gasteiger partial charge in [-0.25, -0.2) is 19.1 Å². The number of benzene rings is 2. The molecule has 1 aromatic heterocycles. The molecule has 0 aliphatic rings. The molecule has 0 radical (unpaired) electrons. The lowest BCUT2D eigenvalue weighted by Crippen LogP contribution is -2.45. The van der Waals surface area contributed by atoms with E-state index < -0.39 is 6.09 Å². The normalized spacial score (nSPS) is 11.6. The molecule has 174 valence electrons. The summed E-state index contributed by atoms with van der Waals surface area (Å²) >= 11 is 0. The van der Waals surface area contributed by atoms with Crippen molar-refractivity contribution in [3.05, 3.63) is 78.2 Å². The van der Waals surface area contributed by atoms with E-state index in [0.717, 1.165) is 35.5 Å². The average Bonchev–Trinajstić information content (AvgIpc) is 3.25. The number of imidazole rings is 1. The lowest BCUT2D eigenvalue weighted by molar-refractivity contribution is -0.693. The van der Waals surface area contributed by atoms with E-state index in [1.807, 2.05) is 71.4 Å². The number of hydrogen-bond acceptors (Lipinski definition) is 4. The first kappa shape index (κ1) is 24.0. The number of ether oxygens (including phenoxy) is 2. The van der Waals surface area contributed by atoms with Crippen molar-refractivity contribution in [1.82, 2.24) is 10.3 Å². The SMILES string of the molecule is CCCC[C@H](NC(=O)OCc1ccccc1)c1[nH]c(-c2ccccc2)c[n+]1CC(=O)OCC. The first-order valence-corrected chi connectivity index (χ1v) is 11.4. The molecule has 33 heavy (non-hydrogen) atoms. The Labute approximate surface area is 194 Å². The number of hydrogen-bond donors (Lipinski definition) is 2. The van der Waals surface area contributed by atoms with E-state index in [-0.39, 0.29) is 25.2 Å². The van der Waals surface area contributed by atoms with Crippen molar-refractivity contribution in [3.63, 3.8) is 0 Å². The molecule has 0 saturated carbocycles. The Balaban J connectivity index is 1.83. The Kier molecular flexibility index (Phi) is 9.06. The molecular formula is C26H32N3O4+.